The van der Waals surface area contributed by atoms with Crippen LogP contribution >= 0.6 is 0 Å². The number of hydrogen-bond acceptors (Lipinski definition) is 5. The maximum absolute atomic E-state index is 12.2. The fourth-order valence-electron chi connectivity index (χ4n) is 3.06. The van der Waals surface area contributed by atoms with Crippen LogP contribution in [0.3, 0.4) is 0 Å². The maximum atomic E-state index is 12.2. The van der Waals surface area contributed by atoms with Crippen molar-refractivity contribution in [2.24, 2.45) is 0 Å². The van der Waals surface area contributed by atoms with Crippen LogP contribution in [0.1, 0.15) is 51.9 Å². The zero-order valence-corrected chi connectivity index (χ0v) is 15.4. The minimum atomic E-state index is -3.15. The van der Waals surface area contributed by atoms with Gasteiger partial charge in [-0.15, -0.1) is 0 Å². The molecule has 7 nitrogen and oxygen atoms in total. The van der Waals surface area contributed by atoms with Gasteiger partial charge in [0.2, 0.25) is 15.9 Å². The fourth-order valence-corrected chi connectivity index (χ4v) is 4.70. The summed E-state index contributed by atoms with van der Waals surface area (Å²) in [6.45, 7) is 4.85. The Balaban J connectivity index is 1.55. The van der Waals surface area contributed by atoms with Crippen LogP contribution in [0.25, 0.3) is 0 Å². The summed E-state index contributed by atoms with van der Waals surface area (Å²) in [7, 11) is -3.15. The summed E-state index contributed by atoms with van der Waals surface area (Å²) in [5, 5.41) is 2.84. The molecule has 0 aliphatic carbocycles. The number of hydrogen-bond donors (Lipinski definition) is 1. The smallest absolute Gasteiger partial charge is 0.219 e. The van der Waals surface area contributed by atoms with Gasteiger partial charge in [0.25, 0.3) is 0 Å². The summed E-state index contributed by atoms with van der Waals surface area (Å²) in [5.41, 5.74) is 0. The van der Waals surface area contributed by atoms with Gasteiger partial charge in [-0.1, -0.05) is 6.42 Å². The summed E-state index contributed by atoms with van der Waals surface area (Å²) in [4.78, 5) is 11.8. The van der Waals surface area contributed by atoms with E-state index in [1.165, 1.54) is 0 Å². The molecule has 2 fully saturated rings. The standard InChI is InChI=1S/C16H30N2O5S/c1-16(22-12-13-23-16)8-9-17-15(19)7-3-6-14-24(20,21)18-10-4-2-5-11-18/h2-14H2,1H3,(H,17,19). The largest absolute Gasteiger partial charge is 0.356 e. The average Bonchev–Trinajstić information content (AvgIpc) is 2.99. The van der Waals surface area contributed by atoms with E-state index in [0.717, 1.165) is 19.3 Å². The highest BCUT2D eigenvalue weighted by atomic mass is 32.2. The van der Waals surface area contributed by atoms with Crippen LogP contribution in [0.5, 0.6) is 0 Å². The number of ether oxygens (including phenoxy) is 2. The highest BCUT2D eigenvalue weighted by Gasteiger charge is 2.30. The third-order valence-corrected chi connectivity index (χ3v) is 6.52. The van der Waals surface area contributed by atoms with Crippen molar-refractivity contribution in [2.45, 2.75) is 57.7 Å². The van der Waals surface area contributed by atoms with Crippen LogP contribution in [0.4, 0.5) is 0 Å². The Bertz CT molecular complexity index is 497. The van der Waals surface area contributed by atoms with Gasteiger partial charge < -0.3 is 14.8 Å². The number of amides is 1. The van der Waals surface area contributed by atoms with Gasteiger partial charge in [0, 0.05) is 32.5 Å². The number of sulfonamides is 1. The summed E-state index contributed by atoms with van der Waals surface area (Å²) >= 11 is 0. The molecular formula is C16H30N2O5S. The number of nitrogens with zero attached hydrogens (tertiary/aromatic N) is 1. The molecule has 0 aromatic heterocycles. The van der Waals surface area contributed by atoms with Crippen molar-refractivity contribution in [2.75, 3.05) is 38.6 Å². The highest BCUT2D eigenvalue weighted by Crippen LogP contribution is 2.21. The molecule has 0 radical (unpaired) electrons. The average molecular weight is 362 g/mol. The first kappa shape index (κ1) is 19.6. The maximum Gasteiger partial charge on any atom is 0.219 e. The Labute approximate surface area is 145 Å². The molecule has 0 unspecified atom stereocenters. The van der Waals surface area contributed by atoms with E-state index in [9.17, 15) is 13.2 Å². The molecule has 1 amide bonds. The molecule has 2 saturated heterocycles. The van der Waals surface area contributed by atoms with Crippen molar-refractivity contribution in [1.82, 2.24) is 9.62 Å². The zero-order valence-electron chi connectivity index (χ0n) is 14.6. The zero-order chi connectivity index (χ0) is 17.5. The van der Waals surface area contributed by atoms with Gasteiger partial charge in [0.05, 0.1) is 19.0 Å². The lowest BCUT2D eigenvalue weighted by atomic mass is 10.2. The van der Waals surface area contributed by atoms with E-state index in [1.807, 2.05) is 6.92 Å². The first-order valence-electron chi connectivity index (χ1n) is 8.94. The molecule has 2 rings (SSSR count). The normalized spacial score (nSPS) is 21.7. The predicted octanol–water partition coefficient (Wildman–Crippen LogP) is 1.24. The minimum Gasteiger partial charge on any atom is -0.356 e. The molecule has 0 aromatic carbocycles. The lowest BCUT2D eigenvalue weighted by Gasteiger charge is -2.25. The summed E-state index contributed by atoms with van der Waals surface area (Å²) in [6, 6.07) is 0. The quantitative estimate of drug-likeness (QED) is 0.624. The summed E-state index contributed by atoms with van der Waals surface area (Å²) in [5.74, 6) is -0.498. The van der Waals surface area contributed by atoms with Crippen molar-refractivity contribution < 1.29 is 22.7 Å². The molecule has 24 heavy (non-hydrogen) atoms. The Morgan fingerprint density at radius 2 is 1.79 bits per heavy atom. The molecule has 8 heteroatoms. The molecule has 0 saturated carbocycles. The van der Waals surface area contributed by atoms with Crippen LogP contribution < -0.4 is 5.32 Å². The molecule has 1 N–H and O–H groups in total. The minimum absolute atomic E-state index is 0.0491. The van der Waals surface area contributed by atoms with E-state index in [-0.39, 0.29) is 11.7 Å². The third kappa shape index (κ3) is 6.31. The van der Waals surface area contributed by atoms with E-state index < -0.39 is 15.8 Å². The van der Waals surface area contributed by atoms with E-state index in [0.29, 0.717) is 58.5 Å². The Morgan fingerprint density at radius 3 is 2.46 bits per heavy atom. The predicted molar refractivity (Wildman–Crippen MR) is 91.0 cm³/mol. The number of carbonyl (C=O) groups is 1. The molecule has 0 spiro atoms. The molecule has 2 aliphatic rings. The SMILES string of the molecule is CC1(CCNC(=O)CCCCS(=O)(=O)N2CCCCC2)OCCO1. The van der Waals surface area contributed by atoms with E-state index in [2.05, 4.69) is 5.32 Å². The molecule has 0 atom stereocenters. The second-order valence-corrected chi connectivity index (χ2v) is 8.75. The van der Waals surface area contributed by atoms with Crippen LogP contribution in [-0.2, 0) is 24.3 Å². The van der Waals surface area contributed by atoms with Crippen molar-refractivity contribution in [3.8, 4) is 0 Å². The first-order valence-corrected chi connectivity index (χ1v) is 10.5. The Morgan fingerprint density at radius 1 is 1.12 bits per heavy atom. The summed E-state index contributed by atoms with van der Waals surface area (Å²) < 4.78 is 36.9. The molecule has 0 bridgehead atoms. The topological polar surface area (TPSA) is 84.9 Å². The highest BCUT2D eigenvalue weighted by molar-refractivity contribution is 7.89. The van der Waals surface area contributed by atoms with Gasteiger partial charge >= 0.3 is 0 Å². The van der Waals surface area contributed by atoms with Gasteiger partial charge in [-0.2, -0.15) is 0 Å². The van der Waals surface area contributed by atoms with Crippen LogP contribution in [0.15, 0.2) is 0 Å². The molecule has 140 valence electrons. The second kappa shape index (κ2) is 9.12. The van der Waals surface area contributed by atoms with Gasteiger partial charge in [0.15, 0.2) is 5.79 Å². The fraction of sp³-hybridized carbons (Fsp3) is 0.938. The lowest BCUT2D eigenvalue weighted by Crippen LogP contribution is -2.37. The number of carbonyl (C=O) groups excluding carboxylic acids is 1. The van der Waals surface area contributed by atoms with Gasteiger partial charge in [-0.05, 0) is 32.6 Å². The first-order chi connectivity index (χ1) is 11.4. The number of nitrogens with one attached hydrogen (secondary N) is 1. The Hall–Kier alpha value is -0.700. The van der Waals surface area contributed by atoms with Crippen molar-refractivity contribution in [3.63, 3.8) is 0 Å². The van der Waals surface area contributed by atoms with Gasteiger partial charge in [-0.25, -0.2) is 12.7 Å². The molecule has 0 aromatic rings. The Kier molecular flexibility index (Phi) is 7.46. The van der Waals surface area contributed by atoms with Crippen molar-refractivity contribution >= 4 is 15.9 Å². The molecular weight excluding hydrogens is 332 g/mol. The summed E-state index contributed by atoms with van der Waals surface area (Å²) in [6.07, 6.45) is 5.10. The van der Waals surface area contributed by atoms with Gasteiger partial charge in [0.1, 0.15) is 0 Å². The van der Waals surface area contributed by atoms with Crippen LogP contribution in [0.2, 0.25) is 0 Å². The van der Waals surface area contributed by atoms with Gasteiger partial charge in [-0.3, -0.25) is 4.79 Å². The van der Waals surface area contributed by atoms with E-state index in [1.54, 1.807) is 4.31 Å². The number of unbranched alkanes of at least 4 members (excludes halogenated alkanes) is 1. The molecule has 2 aliphatic heterocycles. The van der Waals surface area contributed by atoms with Crippen LogP contribution in [0, 0.1) is 0 Å². The monoisotopic (exact) mass is 362 g/mol. The number of rotatable bonds is 9. The lowest BCUT2D eigenvalue weighted by molar-refractivity contribution is -0.146. The third-order valence-electron chi connectivity index (χ3n) is 4.56. The van der Waals surface area contributed by atoms with E-state index >= 15 is 0 Å². The van der Waals surface area contributed by atoms with E-state index in [4.69, 9.17) is 9.47 Å². The second-order valence-electron chi connectivity index (χ2n) is 6.66. The van der Waals surface area contributed by atoms with Crippen molar-refractivity contribution in [1.29, 1.82) is 0 Å². The number of piperidine rings is 1. The molecule has 2 heterocycles. The van der Waals surface area contributed by atoms with Crippen molar-refractivity contribution in [3.05, 3.63) is 0 Å². The van der Waals surface area contributed by atoms with Crippen LogP contribution in [-0.4, -0.2) is 63.0 Å².